The fourth-order valence-corrected chi connectivity index (χ4v) is 3.36. The predicted molar refractivity (Wildman–Crippen MR) is 66.5 cm³/mol. The van der Waals surface area contributed by atoms with E-state index in [0.717, 1.165) is 28.2 Å². The van der Waals surface area contributed by atoms with Gasteiger partial charge in [0, 0.05) is 17.0 Å². The standard InChI is InChI=1S/C12H13BrN2O/c1-16-10-4-2-3-7-5-9-8(6-14-15-9)12(13)11(7)10/h5-6,10H,2-4H2,1H3,(H,14,15)/t10-/m1/s1. The second kappa shape index (κ2) is 3.86. The molecule has 0 spiro atoms. The van der Waals surface area contributed by atoms with Crippen molar-refractivity contribution in [2.24, 2.45) is 0 Å². The summed E-state index contributed by atoms with van der Waals surface area (Å²) in [5.41, 5.74) is 3.78. The summed E-state index contributed by atoms with van der Waals surface area (Å²) in [6.45, 7) is 0. The first kappa shape index (κ1) is 10.3. The van der Waals surface area contributed by atoms with Crippen LogP contribution in [0.1, 0.15) is 30.1 Å². The number of aryl methyl sites for hydroxylation is 1. The van der Waals surface area contributed by atoms with Gasteiger partial charge < -0.3 is 4.74 Å². The molecule has 0 saturated carbocycles. The van der Waals surface area contributed by atoms with Crippen LogP contribution in [0, 0.1) is 0 Å². The zero-order chi connectivity index (χ0) is 11.1. The number of halogens is 1. The van der Waals surface area contributed by atoms with Crippen LogP contribution in [-0.4, -0.2) is 17.3 Å². The molecule has 3 nitrogen and oxygen atoms in total. The van der Waals surface area contributed by atoms with Crippen molar-refractivity contribution in [3.05, 3.63) is 27.9 Å². The van der Waals surface area contributed by atoms with Crippen molar-refractivity contribution >= 4 is 26.8 Å². The smallest absolute Gasteiger partial charge is 0.0835 e. The van der Waals surface area contributed by atoms with E-state index in [0.29, 0.717) is 0 Å². The molecule has 1 heterocycles. The van der Waals surface area contributed by atoms with Gasteiger partial charge in [0.1, 0.15) is 0 Å². The topological polar surface area (TPSA) is 37.9 Å². The Bertz CT molecular complexity index is 535. The Labute approximate surface area is 102 Å². The molecule has 1 atom stereocenters. The van der Waals surface area contributed by atoms with Gasteiger partial charge in [-0.2, -0.15) is 5.10 Å². The summed E-state index contributed by atoms with van der Waals surface area (Å²) < 4.78 is 6.70. The van der Waals surface area contributed by atoms with E-state index < -0.39 is 0 Å². The third-order valence-corrected chi connectivity index (χ3v) is 4.18. The fourth-order valence-electron chi connectivity index (χ4n) is 2.53. The monoisotopic (exact) mass is 280 g/mol. The van der Waals surface area contributed by atoms with Gasteiger partial charge in [0.15, 0.2) is 0 Å². The molecule has 0 aliphatic heterocycles. The van der Waals surface area contributed by atoms with Crippen molar-refractivity contribution in [2.45, 2.75) is 25.4 Å². The van der Waals surface area contributed by atoms with Crippen LogP contribution >= 0.6 is 15.9 Å². The average Bonchev–Trinajstić information content (AvgIpc) is 2.76. The molecule has 0 unspecified atom stereocenters. The number of nitrogens with zero attached hydrogens (tertiary/aromatic N) is 1. The lowest BCUT2D eigenvalue weighted by Crippen LogP contribution is -2.12. The molecule has 1 aromatic carbocycles. The molecule has 1 aliphatic rings. The average molecular weight is 281 g/mol. The molecule has 16 heavy (non-hydrogen) atoms. The van der Waals surface area contributed by atoms with Crippen LogP contribution in [0.15, 0.2) is 16.7 Å². The molecule has 1 N–H and O–H groups in total. The first-order valence-electron chi connectivity index (χ1n) is 5.48. The number of hydrogen-bond acceptors (Lipinski definition) is 2. The van der Waals surface area contributed by atoms with E-state index in [2.05, 4.69) is 32.2 Å². The highest BCUT2D eigenvalue weighted by Crippen LogP contribution is 2.40. The highest BCUT2D eigenvalue weighted by atomic mass is 79.9. The Morgan fingerprint density at radius 1 is 1.56 bits per heavy atom. The van der Waals surface area contributed by atoms with Gasteiger partial charge in [-0.05, 0) is 52.4 Å². The molecular weight excluding hydrogens is 268 g/mol. The minimum atomic E-state index is 0.220. The van der Waals surface area contributed by atoms with Crippen LogP contribution in [-0.2, 0) is 11.2 Å². The quantitative estimate of drug-likeness (QED) is 0.870. The van der Waals surface area contributed by atoms with Crippen molar-refractivity contribution in [3.8, 4) is 0 Å². The molecule has 1 aliphatic carbocycles. The van der Waals surface area contributed by atoms with E-state index >= 15 is 0 Å². The van der Waals surface area contributed by atoms with E-state index in [4.69, 9.17) is 4.74 Å². The minimum absolute atomic E-state index is 0.220. The van der Waals surface area contributed by atoms with Gasteiger partial charge in [-0.1, -0.05) is 0 Å². The van der Waals surface area contributed by atoms with Crippen molar-refractivity contribution < 1.29 is 4.74 Å². The molecule has 0 fully saturated rings. The maximum Gasteiger partial charge on any atom is 0.0835 e. The van der Waals surface area contributed by atoms with Crippen LogP contribution in [0.4, 0.5) is 0 Å². The maximum atomic E-state index is 5.56. The SMILES string of the molecule is CO[C@@H]1CCCc2cc3[nH]ncc3c(Br)c21. The second-order valence-corrected chi connectivity index (χ2v) is 5.00. The van der Waals surface area contributed by atoms with E-state index in [1.165, 1.54) is 17.5 Å². The van der Waals surface area contributed by atoms with Crippen LogP contribution in [0.25, 0.3) is 10.9 Å². The van der Waals surface area contributed by atoms with Gasteiger partial charge in [-0.3, -0.25) is 5.10 Å². The van der Waals surface area contributed by atoms with Gasteiger partial charge in [-0.15, -0.1) is 0 Å². The third-order valence-electron chi connectivity index (χ3n) is 3.33. The largest absolute Gasteiger partial charge is 0.377 e. The number of aromatic amines is 1. The van der Waals surface area contributed by atoms with E-state index in [1.54, 1.807) is 7.11 Å². The van der Waals surface area contributed by atoms with Gasteiger partial charge in [-0.25, -0.2) is 0 Å². The molecule has 1 aromatic heterocycles. The lowest BCUT2D eigenvalue weighted by atomic mass is 9.88. The van der Waals surface area contributed by atoms with Gasteiger partial charge in [0.25, 0.3) is 0 Å². The Morgan fingerprint density at radius 2 is 2.44 bits per heavy atom. The normalized spacial score (nSPS) is 20.0. The Balaban J connectivity index is 2.29. The van der Waals surface area contributed by atoms with Gasteiger partial charge in [0.2, 0.25) is 0 Å². The fraction of sp³-hybridized carbons (Fsp3) is 0.417. The van der Waals surface area contributed by atoms with Crippen LogP contribution < -0.4 is 0 Å². The molecule has 84 valence electrons. The highest BCUT2D eigenvalue weighted by Gasteiger charge is 2.24. The Morgan fingerprint density at radius 3 is 3.25 bits per heavy atom. The molecule has 0 radical (unpaired) electrons. The number of ether oxygens (including phenoxy) is 1. The number of methoxy groups -OCH3 is 1. The highest BCUT2D eigenvalue weighted by molar-refractivity contribution is 9.10. The second-order valence-electron chi connectivity index (χ2n) is 4.21. The summed E-state index contributed by atoms with van der Waals surface area (Å²) >= 11 is 3.69. The summed E-state index contributed by atoms with van der Waals surface area (Å²) in [7, 11) is 1.78. The Hall–Kier alpha value is -0.870. The van der Waals surface area contributed by atoms with Crippen LogP contribution in [0.3, 0.4) is 0 Å². The van der Waals surface area contributed by atoms with Crippen molar-refractivity contribution in [3.63, 3.8) is 0 Å². The molecule has 3 rings (SSSR count). The molecule has 2 aromatic rings. The van der Waals surface area contributed by atoms with Crippen LogP contribution in [0.5, 0.6) is 0 Å². The first-order chi connectivity index (χ1) is 7.81. The van der Waals surface area contributed by atoms with E-state index in [-0.39, 0.29) is 6.10 Å². The predicted octanol–water partition coefficient (Wildman–Crippen LogP) is 3.35. The molecular formula is C12H13BrN2O. The molecule has 0 bridgehead atoms. The van der Waals surface area contributed by atoms with Crippen molar-refractivity contribution in [1.29, 1.82) is 0 Å². The summed E-state index contributed by atoms with van der Waals surface area (Å²) in [4.78, 5) is 0. The number of H-pyrrole nitrogens is 1. The van der Waals surface area contributed by atoms with E-state index in [1.807, 2.05) is 6.20 Å². The number of hydrogen-bond donors (Lipinski definition) is 1. The molecule has 0 amide bonds. The van der Waals surface area contributed by atoms with Gasteiger partial charge >= 0.3 is 0 Å². The Kier molecular flexibility index (Phi) is 2.48. The summed E-state index contributed by atoms with van der Waals surface area (Å²) in [6.07, 6.45) is 5.50. The van der Waals surface area contributed by atoms with E-state index in [9.17, 15) is 0 Å². The third kappa shape index (κ3) is 1.40. The number of nitrogens with one attached hydrogen (secondary N) is 1. The maximum absolute atomic E-state index is 5.56. The zero-order valence-corrected chi connectivity index (χ0v) is 10.7. The summed E-state index contributed by atoms with van der Waals surface area (Å²) in [6, 6.07) is 2.20. The van der Waals surface area contributed by atoms with Gasteiger partial charge in [0.05, 0.1) is 17.8 Å². The minimum Gasteiger partial charge on any atom is -0.377 e. The van der Waals surface area contributed by atoms with Crippen LogP contribution in [0.2, 0.25) is 0 Å². The zero-order valence-electron chi connectivity index (χ0n) is 9.09. The number of rotatable bonds is 1. The number of benzene rings is 1. The van der Waals surface area contributed by atoms with Crippen molar-refractivity contribution in [2.75, 3.05) is 7.11 Å². The molecule has 0 saturated heterocycles. The lowest BCUT2D eigenvalue weighted by Gasteiger charge is -2.25. The van der Waals surface area contributed by atoms with Crippen molar-refractivity contribution in [1.82, 2.24) is 10.2 Å². The summed E-state index contributed by atoms with van der Waals surface area (Å²) in [5, 5.41) is 8.25. The molecule has 4 heteroatoms. The first-order valence-corrected chi connectivity index (χ1v) is 6.27. The number of fused-ring (bicyclic) bond motifs is 2. The number of aromatic nitrogens is 2. The summed E-state index contributed by atoms with van der Waals surface area (Å²) in [5.74, 6) is 0. The lowest BCUT2D eigenvalue weighted by molar-refractivity contribution is 0.0876.